The monoisotopic (exact) mass is 459 g/mol. The van der Waals surface area contributed by atoms with Gasteiger partial charge in [-0.2, -0.15) is 4.31 Å². The Kier molecular flexibility index (Phi) is 7.29. The molecule has 0 radical (unpaired) electrons. The number of rotatable bonds is 6. The summed E-state index contributed by atoms with van der Waals surface area (Å²) in [6.07, 6.45) is 2.67. The van der Waals surface area contributed by atoms with Crippen molar-refractivity contribution in [2.75, 3.05) is 49.6 Å². The molecule has 0 bridgehead atoms. The van der Waals surface area contributed by atoms with E-state index in [9.17, 15) is 13.2 Å². The smallest absolute Gasteiger partial charge is 0.412 e. The van der Waals surface area contributed by atoms with Crippen LogP contribution in [0.15, 0.2) is 53.4 Å². The second-order valence-electron chi connectivity index (χ2n) is 7.93. The molecule has 0 aromatic heterocycles. The van der Waals surface area contributed by atoms with Gasteiger partial charge in [0.15, 0.2) is 0 Å². The lowest BCUT2D eigenvalue weighted by atomic mass is 10.1. The minimum Gasteiger partial charge on any atom is -0.444 e. The van der Waals surface area contributed by atoms with Gasteiger partial charge >= 0.3 is 6.09 Å². The predicted octanol–water partition coefficient (Wildman–Crippen LogP) is 3.45. The molecule has 0 spiro atoms. The molecule has 1 N–H and O–H groups in total. The molecule has 2 saturated heterocycles. The van der Waals surface area contributed by atoms with Crippen LogP contribution in [0.2, 0.25) is 0 Å². The summed E-state index contributed by atoms with van der Waals surface area (Å²) in [5.74, 6) is 0. The Morgan fingerprint density at radius 3 is 2.41 bits per heavy atom. The van der Waals surface area contributed by atoms with Gasteiger partial charge in [0.2, 0.25) is 10.0 Å². The van der Waals surface area contributed by atoms with E-state index in [1.165, 1.54) is 10.7 Å². The van der Waals surface area contributed by atoms with Gasteiger partial charge in [0, 0.05) is 26.2 Å². The van der Waals surface area contributed by atoms with Crippen molar-refractivity contribution in [3.05, 3.63) is 54.1 Å². The Morgan fingerprint density at radius 1 is 0.969 bits per heavy atom. The fraction of sp³-hybridized carbons (Fsp3) is 0.435. The lowest BCUT2D eigenvalue weighted by molar-refractivity contribution is 0.0730. The van der Waals surface area contributed by atoms with E-state index >= 15 is 0 Å². The molecule has 2 aliphatic rings. The molecule has 0 aliphatic carbocycles. The first-order valence-corrected chi connectivity index (χ1v) is 12.4. The van der Waals surface area contributed by atoms with Crippen molar-refractivity contribution in [1.82, 2.24) is 4.31 Å². The highest BCUT2D eigenvalue weighted by Crippen LogP contribution is 2.32. The Bertz CT molecular complexity index is 1020. The molecule has 9 heteroatoms. The van der Waals surface area contributed by atoms with Gasteiger partial charge in [0.05, 0.1) is 29.5 Å². The second-order valence-corrected chi connectivity index (χ2v) is 9.87. The number of nitrogens with zero attached hydrogens (tertiary/aromatic N) is 2. The second kappa shape index (κ2) is 10.3. The minimum absolute atomic E-state index is 0.136. The summed E-state index contributed by atoms with van der Waals surface area (Å²) >= 11 is 0. The average molecular weight is 460 g/mol. The van der Waals surface area contributed by atoms with Crippen LogP contribution in [0.5, 0.6) is 0 Å². The summed E-state index contributed by atoms with van der Waals surface area (Å²) < 4.78 is 38.3. The van der Waals surface area contributed by atoms with Crippen LogP contribution in [0, 0.1) is 0 Å². The molecule has 2 aromatic carbocycles. The van der Waals surface area contributed by atoms with Gasteiger partial charge in [-0.05, 0) is 43.0 Å². The van der Waals surface area contributed by atoms with Crippen LogP contribution < -0.4 is 10.2 Å². The molecule has 0 unspecified atom stereocenters. The zero-order valence-corrected chi connectivity index (χ0v) is 18.9. The summed E-state index contributed by atoms with van der Waals surface area (Å²) in [4.78, 5) is 14.9. The van der Waals surface area contributed by atoms with Crippen LogP contribution in [0.1, 0.15) is 24.8 Å². The molecule has 0 atom stereocenters. The number of benzene rings is 2. The predicted molar refractivity (Wildman–Crippen MR) is 122 cm³/mol. The number of hydrogen-bond donors (Lipinski definition) is 1. The summed E-state index contributed by atoms with van der Waals surface area (Å²) in [6.45, 7) is 3.25. The zero-order chi connectivity index (χ0) is 22.4. The van der Waals surface area contributed by atoms with Crippen molar-refractivity contribution in [2.45, 2.75) is 30.8 Å². The highest BCUT2D eigenvalue weighted by atomic mass is 32.2. The van der Waals surface area contributed by atoms with Crippen LogP contribution in [0.25, 0.3) is 0 Å². The van der Waals surface area contributed by atoms with Gasteiger partial charge < -0.3 is 14.4 Å². The van der Waals surface area contributed by atoms with E-state index in [1.54, 1.807) is 18.2 Å². The molecule has 4 rings (SSSR count). The van der Waals surface area contributed by atoms with Crippen LogP contribution >= 0.6 is 0 Å². The third-order valence-electron chi connectivity index (χ3n) is 5.72. The average Bonchev–Trinajstić information content (AvgIpc) is 2.84. The highest BCUT2D eigenvalue weighted by Gasteiger charge is 2.28. The topological polar surface area (TPSA) is 88.2 Å². The number of sulfonamides is 1. The lowest BCUT2D eigenvalue weighted by Gasteiger charge is -2.31. The maximum Gasteiger partial charge on any atom is 0.412 e. The molecule has 8 nitrogen and oxygen atoms in total. The number of morpholine rings is 1. The molecular weight excluding hydrogens is 430 g/mol. The van der Waals surface area contributed by atoms with Gasteiger partial charge in [-0.15, -0.1) is 0 Å². The Hall–Kier alpha value is -2.62. The largest absolute Gasteiger partial charge is 0.444 e. The maximum atomic E-state index is 13.1. The Balaban J connectivity index is 1.56. The van der Waals surface area contributed by atoms with E-state index in [0.29, 0.717) is 32.0 Å². The number of carbonyl (C=O) groups excluding carboxylic acids is 1. The number of nitrogens with one attached hydrogen (secondary N) is 1. The van der Waals surface area contributed by atoms with Gasteiger partial charge in [0.25, 0.3) is 0 Å². The number of carbonyl (C=O) groups is 1. The van der Waals surface area contributed by atoms with Crippen LogP contribution in [0.4, 0.5) is 16.2 Å². The molecular formula is C23H29N3O5S. The van der Waals surface area contributed by atoms with Crippen LogP contribution in [0.3, 0.4) is 0 Å². The van der Waals surface area contributed by atoms with Crippen LogP contribution in [-0.4, -0.2) is 58.2 Å². The van der Waals surface area contributed by atoms with E-state index in [0.717, 1.165) is 37.2 Å². The normalized spacial score (nSPS) is 17.7. The molecule has 172 valence electrons. The first-order valence-electron chi connectivity index (χ1n) is 11.0. The molecule has 32 heavy (non-hydrogen) atoms. The van der Waals surface area contributed by atoms with E-state index in [4.69, 9.17) is 9.47 Å². The van der Waals surface area contributed by atoms with E-state index < -0.39 is 16.1 Å². The van der Waals surface area contributed by atoms with Gasteiger partial charge in [-0.3, -0.25) is 5.32 Å². The standard InChI is InChI=1S/C23H29N3O5S/c27-23(31-18-19-7-3-1-4-8-19)24-21-17-20(32(28,29)26-13-15-30-16-14-26)9-10-22(21)25-11-5-2-6-12-25/h1,3-4,7-10,17H,2,5-6,11-16,18H2,(H,24,27). The zero-order valence-electron chi connectivity index (χ0n) is 18.0. The minimum atomic E-state index is -3.68. The molecule has 1 amide bonds. The number of ether oxygens (including phenoxy) is 2. The number of piperidine rings is 1. The summed E-state index contributed by atoms with van der Waals surface area (Å²) in [6, 6.07) is 14.4. The van der Waals surface area contributed by atoms with Crippen molar-refractivity contribution in [3.63, 3.8) is 0 Å². The lowest BCUT2D eigenvalue weighted by Crippen LogP contribution is -2.40. The third-order valence-corrected chi connectivity index (χ3v) is 7.62. The SMILES string of the molecule is O=C(Nc1cc(S(=O)(=O)N2CCOCC2)ccc1N1CCCCC1)OCc1ccccc1. The third kappa shape index (κ3) is 5.40. The fourth-order valence-corrected chi connectivity index (χ4v) is 5.43. The Morgan fingerprint density at radius 2 is 1.69 bits per heavy atom. The molecule has 2 fully saturated rings. The van der Waals surface area contributed by atoms with E-state index in [1.807, 2.05) is 30.3 Å². The van der Waals surface area contributed by atoms with Crippen molar-refractivity contribution < 1.29 is 22.7 Å². The number of hydrogen-bond acceptors (Lipinski definition) is 6. The number of anilines is 2. The first-order chi connectivity index (χ1) is 15.5. The maximum absolute atomic E-state index is 13.1. The quantitative estimate of drug-likeness (QED) is 0.712. The van der Waals surface area contributed by atoms with Crippen molar-refractivity contribution >= 4 is 27.5 Å². The van der Waals surface area contributed by atoms with Gasteiger partial charge in [-0.25, -0.2) is 13.2 Å². The molecule has 2 aliphatic heterocycles. The summed E-state index contributed by atoms with van der Waals surface area (Å²) in [5.41, 5.74) is 2.13. The summed E-state index contributed by atoms with van der Waals surface area (Å²) in [5, 5.41) is 2.78. The van der Waals surface area contributed by atoms with Crippen molar-refractivity contribution in [3.8, 4) is 0 Å². The number of amides is 1. The van der Waals surface area contributed by atoms with Gasteiger partial charge in [0.1, 0.15) is 6.61 Å². The molecule has 0 saturated carbocycles. The van der Waals surface area contributed by atoms with E-state index in [2.05, 4.69) is 10.2 Å². The Labute approximate surface area is 189 Å². The van der Waals surface area contributed by atoms with Crippen molar-refractivity contribution in [1.29, 1.82) is 0 Å². The molecule has 2 heterocycles. The van der Waals surface area contributed by atoms with Crippen molar-refractivity contribution in [2.24, 2.45) is 0 Å². The highest BCUT2D eigenvalue weighted by molar-refractivity contribution is 7.89. The first kappa shape index (κ1) is 22.6. The van der Waals surface area contributed by atoms with E-state index in [-0.39, 0.29) is 11.5 Å². The van der Waals surface area contributed by atoms with Crippen LogP contribution in [-0.2, 0) is 26.1 Å². The fourth-order valence-electron chi connectivity index (χ4n) is 3.99. The molecule has 2 aromatic rings. The summed E-state index contributed by atoms with van der Waals surface area (Å²) in [7, 11) is -3.68. The van der Waals surface area contributed by atoms with Gasteiger partial charge in [-0.1, -0.05) is 30.3 Å².